The number of primary amides is 1. The van der Waals surface area contributed by atoms with E-state index in [1.807, 2.05) is 45.0 Å². The number of pyridine rings is 1. The fraction of sp³-hybridized carbons (Fsp3) is 0.312. The van der Waals surface area contributed by atoms with Crippen LogP contribution in [0.2, 0.25) is 0 Å². The fourth-order valence-electron chi connectivity index (χ4n) is 5.50. The van der Waals surface area contributed by atoms with E-state index in [0.717, 1.165) is 5.56 Å². The summed E-state index contributed by atoms with van der Waals surface area (Å²) in [5.41, 5.74) is 9.68. The van der Waals surface area contributed by atoms with Crippen LogP contribution in [0.5, 0.6) is 0 Å². The highest BCUT2D eigenvalue weighted by Gasteiger charge is 2.50. The molecule has 4 aromatic rings. The van der Waals surface area contributed by atoms with Gasteiger partial charge in [-0.1, -0.05) is 68.4 Å². The molecule has 0 aliphatic heterocycles. The number of nitrogens with zero attached hydrogens (tertiary/aromatic N) is 3. The number of aryl methyl sites for hydroxylation is 1. The molecule has 2 aromatic heterocycles. The number of nitrogens with two attached hydrogens (primary N) is 1. The average molecular weight is 605 g/mol. The Morgan fingerprint density at radius 1 is 1.02 bits per heavy atom. The molecule has 0 aliphatic carbocycles. The number of amides is 2. The highest BCUT2D eigenvalue weighted by molar-refractivity contribution is 7.92. The van der Waals surface area contributed by atoms with Gasteiger partial charge in [0.25, 0.3) is 15.9 Å². The lowest BCUT2D eigenvalue weighted by molar-refractivity contribution is -0.140. The maximum atomic E-state index is 14.0. The van der Waals surface area contributed by atoms with Crippen molar-refractivity contribution in [1.29, 1.82) is 0 Å². The van der Waals surface area contributed by atoms with Gasteiger partial charge in [-0.05, 0) is 38.0 Å². The third kappa shape index (κ3) is 6.37. The highest BCUT2D eigenvalue weighted by Crippen LogP contribution is 2.35. The predicted molar refractivity (Wildman–Crippen MR) is 166 cm³/mol. The number of sulfonamides is 1. The number of anilines is 1. The van der Waals surface area contributed by atoms with E-state index in [4.69, 9.17) is 10.3 Å². The van der Waals surface area contributed by atoms with E-state index in [2.05, 4.69) is 14.9 Å². The summed E-state index contributed by atoms with van der Waals surface area (Å²) in [4.78, 5) is 31.3. The maximum Gasteiger partial charge on any atom is 0.319 e. The van der Waals surface area contributed by atoms with Crippen LogP contribution in [0, 0.1) is 19.8 Å². The van der Waals surface area contributed by atoms with Gasteiger partial charge in [-0.2, -0.15) is 0 Å². The second-order valence-corrected chi connectivity index (χ2v) is 12.6. The van der Waals surface area contributed by atoms with Gasteiger partial charge in [0.15, 0.2) is 11.7 Å². The monoisotopic (exact) mass is 604 g/mol. The summed E-state index contributed by atoms with van der Waals surface area (Å²) in [6.07, 6.45) is 4.10. The van der Waals surface area contributed by atoms with Crippen LogP contribution in [0.1, 0.15) is 50.4 Å². The third-order valence-corrected chi connectivity index (χ3v) is 9.06. The Balaban J connectivity index is 1.77. The van der Waals surface area contributed by atoms with Crippen LogP contribution in [0.4, 0.5) is 11.6 Å². The molecule has 2 heterocycles. The highest BCUT2D eigenvalue weighted by atomic mass is 32.2. The summed E-state index contributed by atoms with van der Waals surface area (Å²) in [6.45, 7) is 9.32. The van der Waals surface area contributed by atoms with Gasteiger partial charge in [0, 0.05) is 34.9 Å². The van der Waals surface area contributed by atoms with Gasteiger partial charge >= 0.3 is 5.91 Å². The Labute approximate surface area is 252 Å². The first-order valence-corrected chi connectivity index (χ1v) is 15.7. The quantitative estimate of drug-likeness (QED) is 0.203. The smallest absolute Gasteiger partial charge is 0.319 e. The molecule has 2 atom stereocenters. The molecule has 2 aromatic carbocycles. The second-order valence-electron chi connectivity index (χ2n) is 11.0. The Hall–Kier alpha value is -4.35. The number of nitrogens with one attached hydrogen (secondary N) is 1. The molecule has 226 valence electrons. The number of benzene rings is 2. The normalized spacial score (nSPS) is 13.8. The molecule has 0 saturated carbocycles. The van der Waals surface area contributed by atoms with E-state index in [0.29, 0.717) is 34.5 Å². The van der Waals surface area contributed by atoms with E-state index < -0.39 is 22.0 Å². The molecule has 0 saturated heterocycles. The molecular formula is C32H38N5O5S+. The zero-order valence-electron chi connectivity index (χ0n) is 25.1. The molecule has 4 rings (SSSR count). The minimum atomic E-state index is -4.01. The summed E-state index contributed by atoms with van der Waals surface area (Å²) in [5.74, 6) is -0.862. The van der Waals surface area contributed by atoms with Crippen molar-refractivity contribution in [3.63, 3.8) is 0 Å². The first kappa shape index (κ1) is 31.6. The maximum absolute atomic E-state index is 14.0. The molecule has 2 amide bonds. The van der Waals surface area contributed by atoms with Gasteiger partial charge in [0.1, 0.15) is 6.54 Å². The molecule has 1 unspecified atom stereocenters. The Morgan fingerprint density at radius 2 is 1.72 bits per heavy atom. The van der Waals surface area contributed by atoms with Crippen molar-refractivity contribution in [2.45, 2.75) is 64.9 Å². The number of hydrogen-bond acceptors (Lipinski definition) is 7. The van der Waals surface area contributed by atoms with Crippen molar-refractivity contribution in [2.75, 3.05) is 4.72 Å². The number of aromatic nitrogens is 2. The van der Waals surface area contributed by atoms with Crippen LogP contribution in [0.15, 0.2) is 82.5 Å². The third-order valence-electron chi connectivity index (χ3n) is 7.67. The summed E-state index contributed by atoms with van der Waals surface area (Å²) in [6, 6.07) is 16.7. The molecular weight excluding hydrogens is 566 g/mol. The molecule has 0 radical (unpaired) electrons. The summed E-state index contributed by atoms with van der Waals surface area (Å²) in [5, 5.41) is 3.83. The zero-order chi connectivity index (χ0) is 31.4. The van der Waals surface area contributed by atoms with Crippen molar-refractivity contribution in [3.05, 3.63) is 89.9 Å². The van der Waals surface area contributed by atoms with Gasteiger partial charge in [-0.25, -0.2) is 22.4 Å². The lowest BCUT2D eigenvalue weighted by atomic mass is 9.94. The Kier molecular flexibility index (Phi) is 9.46. The van der Waals surface area contributed by atoms with Crippen LogP contribution in [0.25, 0.3) is 11.1 Å². The van der Waals surface area contributed by atoms with Crippen LogP contribution in [-0.4, -0.2) is 36.4 Å². The van der Waals surface area contributed by atoms with Crippen molar-refractivity contribution >= 4 is 33.4 Å². The number of rotatable bonds is 12. The second kappa shape index (κ2) is 12.9. The van der Waals surface area contributed by atoms with E-state index in [-0.39, 0.29) is 40.1 Å². The SMILES string of the molecule is CCCC(=O)[N+](Cc1ccc(-c2ccccc2S(=O)(=O)Nc2onc(C)c2C)cc1)(c1cccnc1)[C@H](C(N)=O)C(C)C. The standard InChI is InChI=1S/C32H37N5O5S/c1-6-10-29(38)37(26-11-9-18-34-19-26,30(21(2)3)31(33)39)20-24-14-16-25(17-15-24)27-12-7-8-13-28(27)43(40,41)36-32-22(4)23(5)35-42-32/h7-9,11-19,21,30H,6,10,20H2,1-5H3,(H2-,33,35,36,39)/p+1/t30-,37?/m0/s1. The van der Waals surface area contributed by atoms with Crippen LogP contribution in [0.3, 0.4) is 0 Å². The Bertz CT molecular complexity index is 1700. The molecule has 11 heteroatoms. The van der Waals surface area contributed by atoms with Gasteiger partial charge in [0.2, 0.25) is 5.88 Å². The van der Waals surface area contributed by atoms with Crippen molar-refractivity contribution < 1.29 is 22.5 Å². The Morgan fingerprint density at radius 3 is 2.28 bits per heavy atom. The lowest BCUT2D eigenvalue weighted by Gasteiger charge is -2.42. The van der Waals surface area contributed by atoms with Gasteiger partial charge in [-0.15, -0.1) is 0 Å². The first-order valence-electron chi connectivity index (χ1n) is 14.2. The fourth-order valence-corrected chi connectivity index (χ4v) is 6.78. The molecule has 0 spiro atoms. The van der Waals surface area contributed by atoms with E-state index in [1.165, 1.54) is 6.07 Å². The van der Waals surface area contributed by atoms with Gasteiger partial charge in [-0.3, -0.25) is 9.78 Å². The van der Waals surface area contributed by atoms with E-state index >= 15 is 0 Å². The largest absolute Gasteiger partial charge is 0.364 e. The molecule has 0 bridgehead atoms. The summed E-state index contributed by atoms with van der Waals surface area (Å²) in [7, 11) is -4.01. The average Bonchev–Trinajstić information content (AvgIpc) is 3.29. The molecule has 0 aliphatic rings. The number of quaternary nitrogens is 1. The molecule has 43 heavy (non-hydrogen) atoms. The van der Waals surface area contributed by atoms with Crippen molar-refractivity contribution in [3.8, 4) is 11.1 Å². The minimum Gasteiger partial charge on any atom is -0.364 e. The number of carbonyl (C=O) groups is 2. The van der Waals surface area contributed by atoms with E-state index in [1.54, 1.807) is 56.6 Å². The van der Waals surface area contributed by atoms with Crippen molar-refractivity contribution in [1.82, 2.24) is 14.6 Å². The van der Waals surface area contributed by atoms with Gasteiger partial charge in [0.05, 0.1) is 23.2 Å². The molecule has 10 nitrogen and oxygen atoms in total. The van der Waals surface area contributed by atoms with Crippen LogP contribution in [-0.2, 0) is 26.2 Å². The first-order chi connectivity index (χ1) is 20.4. The molecule has 3 N–H and O–H groups in total. The summed E-state index contributed by atoms with van der Waals surface area (Å²) >= 11 is 0. The van der Waals surface area contributed by atoms with Crippen LogP contribution < -0.4 is 14.9 Å². The number of hydrogen-bond donors (Lipinski definition) is 2. The predicted octanol–water partition coefficient (Wildman–Crippen LogP) is 5.50. The zero-order valence-corrected chi connectivity index (χ0v) is 25.9. The topological polar surface area (TPSA) is 145 Å². The lowest BCUT2D eigenvalue weighted by Crippen LogP contribution is -2.66. The minimum absolute atomic E-state index is 0.0677. The van der Waals surface area contributed by atoms with Gasteiger partial charge < -0.3 is 10.3 Å². The van der Waals surface area contributed by atoms with Crippen molar-refractivity contribution in [2.24, 2.45) is 11.7 Å². The molecule has 0 fully saturated rings. The van der Waals surface area contributed by atoms with E-state index in [9.17, 15) is 18.0 Å². The number of carbonyl (C=O) groups excluding carboxylic acids is 2. The summed E-state index contributed by atoms with van der Waals surface area (Å²) < 4.78 is 34.2. The van der Waals surface area contributed by atoms with Crippen LogP contribution >= 0.6 is 0 Å².